The molecule has 2 aliphatic carbocycles. The Labute approximate surface area is 99.8 Å². The van der Waals surface area contributed by atoms with Crippen molar-refractivity contribution in [2.75, 3.05) is 13.1 Å². The zero-order valence-electron chi connectivity index (χ0n) is 10.5. The fourth-order valence-electron chi connectivity index (χ4n) is 3.52. The van der Waals surface area contributed by atoms with Gasteiger partial charge >= 0.3 is 0 Å². The van der Waals surface area contributed by atoms with Crippen molar-refractivity contribution in [1.29, 1.82) is 0 Å². The smallest absolute Gasteiger partial charge is 0.0198 e. The van der Waals surface area contributed by atoms with Crippen molar-refractivity contribution < 1.29 is 0 Å². The monoisotopic (exact) mass is 222 g/mol. The first-order chi connectivity index (χ1) is 7.92. The summed E-state index contributed by atoms with van der Waals surface area (Å²) in [5, 5.41) is 3.93. The second-order valence-electron chi connectivity index (χ2n) is 6.07. The van der Waals surface area contributed by atoms with Gasteiger partial charge in [0.25, 0.3) is 0 Å². The average Bonchev–Trinajstić information content (AvgIpc) is 3.15. The van der Waals surface area contributed by atoms with E-state index in [4.69, 9.17) is 0 Å². The third-order valence-electron chi connectivity index (χ3n) is 4.59. The Balaban J connectivity index is 1.46. The van der Waals surface area contributed by atoms with Crippen LogP contribution in [0.15, 0.2) is 0 Å². The molecule has 0 radical (unpaired) electrons. The van der Waals surface area contributed by atoms with E-state index in [1.807, 2.05) is 0 Å². The molecule has 3 fully saturated rings. The van der Waals surface area contributed by atoms with Gasteiger partial charge in [-0.15, -0.1) is 0 Å². The van der Waals surface area contributed by atoms with E-state index >= 15 is 0 Å². The molecule has 92 valence electrons. The highest BCUT2D eigenvalue weighted by Gasteiger charge is 2.33. The Hall–Kier alpha value is -0.0800. The van der Waals surface area contributed by atoms with Crippen molar-refractivity contribution in [2.24, 2.45) is 0 Å². The summed E-state index contributed by atoms with van der Waals surface area (Å²) in [5.41, 5.74) is 0. The van der Waals surface area contributed by atoms with E-state index in [-0.39, 0.29) is 0 Å². The molecule has 1 unspecified atom stereocenters. The van der Waals surface area contributed by atoms with Crippen LogP contribution in [0.1, 0.15) is 57.8 Å². The summed E-state index contributed by atoms with van der Waals surface area (Å²) in [4.78, 5) is 2.74. The highest BCUT2D eigenvalue weighted by molar-refractivity contribution is 4.90. The maximum Gasteiger partial charge on any atom is 0.0198 e. The summed E-state index contributed by atoms with van der Waals surface area (Å²) in [6.45, 7) is 2.70. The van der Waals surface area contributed by atoms with Crippen LogP contribution in [-0.2, 0) is 0 Å². The van der Waals surface area contributed by atoms with Crippen molar-refractivity contribution >= 4 is 0 Å². The van der Waals surface area contributed by atoms with Gasteiger partial charge in [0.1, 0.15) is 0 Å². The van der Waals surface area contributed by atoms with Crippen LogP contribution in [-0.4, -0.2) is 36.1 Å². The molecule has 1 aliphatic heterocycles. The van der Waals surface area contributed by atoms with Crippen molar-refractivity contribution in [3.05, 3.63) is 0 Å². The molecule has 0 aromatic heterocycles. The van der Waals surface area contributed by atoms with E-state index in [0.717, 1.165) is 18.1 Å². The Morgan fingerprint density at radius 1 is 0.750 bits per heavy atom. The van der Waals surface area contributed by atoms with E-state index in [2.05, 4.69) is 10.2 Å². The minimum Gasteiger partial charge on any atom is -0.310 e. The van der Waals surface area contributed by atoms with Crippen LogP contribution in [0.2, 0.25) is 0 Å². The Morgan fingerprint density at radius 3 is 2.25 bits per heavy atom. The molecule has 0 aromatic rings. The summed E-state index contributed by atoms with van der Waals surface area (Å²) in [6.07, 6.45) is 13.0. The number of nitrogens with zero attached hydrogens (tertiary/aromatic N) is 1. The first-order valence-corrected chi connectivity index (χ1v) is 7.42. The number of nitrogens with one attached hydrogen (secondary N) is 1. The van der Waals surface area contributed by atoms with Crippen LogP contribution in [0, 0.1) is 0 Å². The molecular formula is C14H26N2. The molecule has 1 N–H and O–H groups in total. The fourth-order valence-corrected chi connectivity index (χ4v) is 3.52. The van der Waals surface area contributed by atoms with Crippen molar-refractivity contribution in [3.8, 4) is 0 Å². The van der Waals surface area contributed by atoms with Gasteiger partial charge in [0, 0.05) is 24.7 Å². The van der Waals surface area contributed by atoms with Crippen molar-refractivity contribution in [2.45, 2.75) is 75.9 Å². The molecule has 3 rings (SSSR count). The van der Waals surface area contributed by atoms with E-state index in [0.29, 0.717) is 0 Å². The molecule has 2 saturated carbocycles. The van der Waals surface area contributed by atoms with Crippen LogP contribution in [0.4, 0.5) is 0 Å². The maximum absolute atomic E-state index is 3.93. The predicted octanol–water partition coefficient (Wildman–Crippen LogP) is 2.54. The van der Waals surface area contributed by atoms with Gasteiger partial charge in [0.2, 0.25) is 0 Å². The highest BCUT2D eigenvalue weighted by Crippen LogP contribution is 2.29. The Kier molecular flexibility index (Phi) is 3.49. The van der Waals surface area contributed by atoms with Crippen LogP contribution in [0.5, 0.6) is 0 Å². The van der Waals surface area contributed by atoms with Crippen LogP contribution in [0.25, 0.3) is 0 Å². The van der Waals surface area contributed by atoms with Gasteiger partial charge < -0.3 is 5.32 Å². The van der Waals surface area contributed by atoms with Crippen LogP contribution < -0.4 is 5.32 Å². The molecule has 0 amide bonds. The number of rotatable bonds is 3. The lowest BCUT2D eigenvalue weighted by molar-refractivity contribution is 0.168. The minimum atomic E-state index is 0.803. The van der Waals surface area contributed by atoms with Gasteiger partial charge in [0.05, 0.1) is 0 Å². The summed E-state index contributed by atoms with van der Waals surface area (Å²) in [5.74, 6) is 0. The average molecular weight is 222 g/mol. The normalized spacial score (nSPS) is 34.1. The Morgan fingerprint density at radius 2 is 1.50 bits per heavy atom. The predicted molar refractivity (Wildman–Crippen MR) is 67.6 cm³/mol. The van der Waals surface area contributed by atoms with Crippen molar-refractivity contribution in [3.63, 3.8) is 0 Å². The summed E-state index contributed by atoms with van der Waals surface area (Å²) >= 11 is 0. The lowest BCUT2D eigenvalue weighted by atomic mass is 9.94. The zero-order valence-corrected chi connectivity index (χ0v) is 10.5. The van der Waals surface area contributed by atoms with E-state index in [1.54, 1.807) is 0 Å². The standard InChI is InChI=1S/C14H26N2/c1-2-5-12(6-3-1)15-13-7-4-10-16(11-13)14-8-9-14/h12-15H,1-11H2. The van der Waals surface area contributed by atoms with Crippen LogP contribution in [0.3, 0.4) is 0 Å². The third-order valence-corrected chi connectivity index (χ3v) is 4.59. The number of likely N-dealkylation sites (tertiary alicyclic amines) is 1. The van der Waals surface area contributed by atoms with E-state index in [9.17, 15) is 0 Å². The van der Waals surface area contributed by atoms with Crippen LogP contribution >= 0.6 is 0 Å². The summed E-state index contributed by atoms with van der Waals surface area (Å²) in [6, 6.07) is 2.62. The molecule has 2 heteroatoms. The summed E-state index contributed by atoms with van der Waals surface area (Å²) in [7, 11) is 0. The largest absolute Gasteiger partial charge is 0.310 e. The van der Waals surface area contributed by atoms with Gasteiger partial charge in [-0.05, 0) is 45.1 Å². The van der Waals surface area contributed by atoms with Gasteiger partial charge in [-0.25, -0.2) is 0 Å². The van der Waals surface area contributed by atoms with E-state index < -0.39 is 0 Å². The van der Waals surface area contributed by atoms with Gasteiger partial charge in [0.15, 0.2) is 0 Å². The third kappa shape index (κ3) is 2.78. The first kappa shape index (κ1) is 11.0. The molecule has 3 aliphatic rings. The molecule has 1 atom stereocenters. The summed E-state index contributed by atoms with van der Waals surface area (Å²) < 4.78 is 0. The second-order valence-corrected chi connectivity index (χ2v) is 6.07. The molecule has 1 saturated heterocycles. The SMILES string of the molecule is C1CCC(NC2CCCN(C3CC3)C2)CC1. The van der Waals surface area contributed by atoms with E-state index in [1.165, 1.54) is 70.9 Å². The molecule has 2 nitrogen and oxygen atoms in total. The van der Waals surface area contributed by atoms with Crippen molar-refractivity contribution in [1.82, 2.24) is 10.2 Å². The second kappa shape index (κ2) is 5.05. The molecular weight excluding hydrogens is 196 g/mol. The Bertz CT molecular complexity index is 219. The maximum atomic E-state index is 3.93. The quantitative estimate of drug-likeness (QED) is 0.789. The molecule has 0 aromatic carbocycles. The zero-order chi connectivity index (χ0) is 10.8. The minimum absolute atomic E-state index is 0.803. The van der Waals surface area contributed by atoms with Gasteiger partial charge in [-0.1, -0.05) is 19.3 Å². The molecule has 0 spiro atoms. The number of piperidine rings is 1. The first-order valence-electron chi connectivity index (χ1n) is 7.42. The highest BCUT2D eigenvalue weighted by atomic mass is 15.2. The number of hydrogen-bond acceptors (Lipinski definition) is 2. The lowest BCUT2D eigenvalue weighted by Crippen LogP contribution is -2.50. The fraction of sp³-hybridized carbons (Fsp3) is 1.00. The molecule has 1 heterocycles. The molecule has 16 heavy (non-hydrogen) atoms. The topological polar surface area (TPSA) is 15.3 Å². The number of hydrogen-bond donors (Lipinski definition) is 1. The molecule has 0 bridgehead atoms. The van der Waals surface area contributed by atoms with Gasteiger partial charge in [-0.2, -0.15) is 0 Å². The van der Waals surface area contributed by atoms with Gasteiger partial charge in [-0.3, -0.25) is 4.90 Å². The lowest BCUT2D eigenvalue weighted by Gasteiger charge is -2.36.